The summed E-state index contributed by atoms with van der Waals surface area (Å²) in [5.41, 5.74) is 2.46. The second kappa shape index (κ2) is 6.87. The van der Waals surface area contributed by atoms with Crippen molar-refractivity contribution in [2.75, 3.05) is 13.2 Å². The van der Waals surface area contributed by atoms with E-state index in [0.717, 1.165) is 11.3 Å². The van der Waals surface area contributed by atoms with Gasteiger partial charge in [-0.25, -0.2) is 9.67 Å². The molecule has 1 aliphatic rings. The van der Waals surface area contributed by atoms with E-state index in [9.17, 15) is 4.79 Å². The molecule has 0 radical (unpaired) electrons. The van der Waals surface area contributed by atoms with Gasteiger partial charge in [0.05, 0.1) is 11.7 Å². The molecule has 4 rings (SSSR count). The van der Waals surface area contributed by atoms with E-state index in [-0.39, 0.29) is 11.9 Å². The first kappa shape index (κ1) is 16.1. The van der Waals surface area contributed by atoms with Crippen molar-refractivity contribution < 1.29 is 14.3 Å². The molecule has 0 aliphatic carbocycles. The minimum atomic E-state index is -0.158. The highest BCUT2D eigenvalue weighted by atomic mass is 16.6. The van der Waals surface area contributed by atoms with Crippen LogP contribution in [-0.4, -0.2) is 33.9 Å². The number of amides is 1. The molecule has 1 atom stereocenters. The van der Waals surface area contributed by atoms with Crippen molar-refractivity contribution in [1.82, 2.24) is 20.1 Å². The van der Waals surface area contributed by atoms with Crippen LogP contribution in [-0.2, 0) is 0 Å². The third kappa shape index (κ3) is 3.23. The lowest BCUT2D eigenvalue weighted by Gasteiger charge is -2.19. The first-order chi connectivity index (χ1) is 12.7. The Labute approximate surface area is 150 Å². The number of carbonyl (C=O) groups is 1. The molecular weight excluding hydrogens is 332 g/mol. The normalized spacial score (nSPS) is 13.9. The molecule has 0 spiro atoms. The van der Waals surface area contributed by atoms with Gasteiger partial charge in [0, 0.05) is 5.56 Å². The molecule has 0 saturated heterocycles. The van der Waals surface area contributed by atoms with Gasteiger partial charge >= 0.3 is 0 Å². The number of rotatable bonds is 4. The van der Waals surface area contributed by atoms with Crippen molar-refractivity contribution in [3.63, 3.8) is 0 Å². The number of hydrogen-bond acceptors (Lipinski definition) is 5. The van der Waals surface area contributed by atoms with Crippen molar-refractivity contribution in [3.8, 4) is 17.2 Å². The average molecular weight is 350 g/mol. The number of benzene rings is 2. The average Bonchev–Trinajstić information content (AvgIpc) is 3.22. The maximum atomic E-state index is 12.5. The van der Waals surface area contributed by atoms with Crippen LogP contribution < -0.4 is 14.8 Å². The highest BCUT2D eigenvalue weighted by Crippen LogP contribution is 2.30. The minimum Gasteiger partial charge on any atom is -0.486 e. The zero-order valence-corrected chi connectivity index (χ0v) is 14.3. The number of nitrogens with one attached hydrogen (secondary N) is 1. The summed E-state index contributed by atoms with van der Waals surface area (Å²) < 4.78 is 12.7. The van der Waals surface area contributed by atoms with Crippen LogP contribution in [0, 0.1) is 0 Å². The van der Waals surface area contributed by atoms with Gasteiger partial charge in [0.2, 0.25) is 0 Å². The van der Waals surface area contributed by atoms with Crippen LogP contribution in [0.3, 0.4) is 0 Å². The van der Waals surface area contributed by atoms with E-state index in [1.807, 2.05) is 31.2 Å². The van der Waals surface area contributed by atoms with E-state index in [0.29, 0.717) is 30.3 Å². The van der Waals surface area contributed by atoms with Crippen LogP contribution >= 0.6 is 0 Å². The Hall–Kier alpha value is -3.35. The molecule has 3 aromatic rings. The third-order valence-corrected chi connectivity index (χ3v) is 4.23. The fourth-order valence-corrected chi connectivity index (χ4v) is 2.81. The summed E-state index contributed by atoms with van der Waals surface area (Å²) in [6.07, 6.45) is 3.13. The molecule has 0 bridgehead atoms. The van der Waals surface area contributed by atoms with Gasteiger partial charge in [0.25, 0.3) is 5.91 Å². The standard InChI is InChI=1S/C19H18N4O3/c1-13(14-2-5-16(6-3-14)23-12-20-11-21-23)22-19(24)15-4-7-17-18(10-15)26-9-8-25-17/h2-7,10-13H,8-9H2,1H3,(H,22,24)/t13-/m1/s1. The Balaban J connectivity index is 1.45. The van der Waals surface area contributed by atoms with E-state index < -0.39 is 0 Å². The van der Waals surface area contributed by atoms with Crippen molar-refractivity contribution in [3.05, 3.63) is 66.2 Å². The maximum absolute atomic E-state index is 12.5. The van der Waals surface area contributed by atoms with E-state index >= 15 is 0 Å². The van der Waals surface area contributed by atoms with Crippen molar-refractivity contribution in [2.24, 2.45) is 0 Å². The number of ether oxygens (including phenoxy) is 2. The van der Waals surface area contributed by atoms with Gasteiger partial charge in [-0.3, -0.25) is 4.79 Å². The van der Waals surface area contributed by atoms with Gasteiger partial charge in [-0.1, -0.05) is 12.1 Å². The maximum Gasteiger partial charge on any atom is 0.251 e. The van der Waals surface area contributed by atoms with Gasteiger partial charge in [-0.15, -0.1) is 0 Å². The predicted octanol–water partition coefficient (Wildman–Crippen LogP) is 2.53. The monoisotopic (exact) mass is 350 g/mol. The SMILES string of the molecule is C[C@@H](NC(=O)c1ccc2c(c1)OCCO2)c1ccc(-n2cncn2)cc1. The van der Waals surface area contributed by atoms with Crippen molar-refractivity contribution in [1.29, 1.82) is 0 Å². The molecule has 7 nitrogen and oxygen atoms in total. The molecule has 1 aliphatic heterocycles. The lowest BCUT2D eigenvalue weighted by Crippen LogP contribution is -2.27. The molecule has 132 valence electrons. The molecule has 1 N–H and O–H groups in total. The Morgan fingerprint density at radius 2 is 1.88 bits per heavy atom. The number of hydrogen-bond donors (Lipinski definition) is 1. The van der Waals surface area contributed by atoms with E-state index in [1.165, 1.54) is 6.33 Å². The lowest BCUT2D eigenvalue weighted by molar-refractivity contribution is 0.0938. The molecule has 0 saturated carbocycles. The van der Waals surface area contributed by atoms with Crippen LogP contribution in [0.2, 0.25) is 0 Å². The Morgan fingerprint density at radius 3 is 2.62 bits per heavy atom. The number of nitrogens with zero attached hydrogens (tertiary/aromatic N) is 3. The summed E-state index contributed by atoms with van der Waals surface area (Å²) >= 11 is 0. The zero-order chi connectivity index (χ0) is 17.9. The van der Waals surface area contributed by atoms with Gasteiger partial charge in [-0.05, 0) is 42.8 Å². The van der Waals surface area contributed by atoms with Gasteiger partial charge in [0.15, 0.2) is 11.5 Å². The molecule has 1 amide bonds. The minimum absolute atomic E-state index is 0.138. The van der Waals surface area contributed by atoms with Crippen molar-refractivity contribution in [2.45, 2.75) is 13.0 Å². The second-order valence-electron chi connectivity index (χ2n) is 5.99. The molecular formula is C19H18N4O3. The van der Waals surface area contributed by atoms with Crippen LogP contribution in [0.1, 0.15) is 28.9 Å². The van der Waals surface area contributed by atoms with Crippen LogP contribution in [0.4, 0.5) is 0 Å². The second-order valence-corrected chi connectivity index (χ2v) is 5.99. The van der Waals surface area contributed by atoms with Crippen LogP contribution in [0.5, 0.6) is 11.5 Å². The highest BCUT2D eigenvalue weighted by Gasteiger charge is 2.16. The van der Waals surface area contributed by atoms with E-state index in [2.05, 4.69) is 15.4 Å². The first-order valence-corrected chi connectivity index (χ1v) is 8.36. The number of fused-ring (bicyclic) bond motifs is 1. The summed E-state index contributed by atoms with van der Waals surface area (Å²) in [4.78, 5) is 16.5. The summed E-state index contributed by atoms with van der Waals surface area (Å²) in [5, 5.41) is 7.10. The molecule has 7 heteroatoms. The molecule has 0 fully saturated rings. The lowest BCUT2D eigenvalue weighted by atomic mass is 10.1. The van der Waals surface area contributed by atoms with Gasteiger partial charge < -0.3 is 14.8 Å². The smallest absolute Gasteiger partial charge is 0.251 e. The van der Waals surface area contributed by atoms with E-state index in [4.69, 9.17) is 9.47 Å². The van der Waals surface area contributed by atoms with Crippen molar-refractivity contribution >= 4 is 5.91 Å². The van der Waals surface area contributed by atoms with Crippen LogP contribution in [0.15, 0.2) is 55.1 Å². The Kier molecular flexibility index (Phi) is 4.27. The summed E-state index contributed by atoms with van der Waals surface area (Å²) in [6.45, 7) is 2.97. The summed E-state index contributed by atoms with van der Waals surface area (Å²) in [7, 11) is 0. The third-order valence-electron chi connectivity index (χ3n) is 4.23. The summed E-state index contributed by atoms with van der Waals surface area (Å²) in [6, 6.07) is 12.9. The Bertz CT molecular complexity index is 907. The topological polar surface area (TPSA) is 78.3 Å². The highest BCUT2D eigenvalue weighted by molar-refractivity contribution is 5.95. The number of aromatic nitrogens is 3. The largest absolute Gasteiger partial charge is 0.486 e. The fourth-order valence-electron chi connectivity index (χ4n) is 2.81. The first-order valence-electron chi connectivity index (χ1n) is 8.36. The summed E-state index contributed by atoms with van der Waals surface area (Å²) in [5.74, 6) is 1.12. The zero-order valence-electron chi connectivity index (χ0n) is 14.3. The predicted molar refractivity (Wildman–Crippen MR) is 94.7 cm³/mol. The van der Waals surface area contributed by atoms with E-state index in [1.54, 1.807) is 29.2 Å². The molecule has 1 aromatic heterocycles. The molecule has 26 heavy (non-hydrogen) atoms. The molecule has 2 heterocycles. The Morgan fingerprint density at radius 1 is 1.12 bits per heavy atom. The number of carbonyl (C=O) groups excluding carboxylic acids is 1. The fraction of sp³-hybridized carbons (Fsp3) is 0.211. The van der Waals surface area contributed by atoms with Gasteiger partial charge in [-0.2, -0.15) is 5.10 Å². The quantitative estimate of drug-likeness (QED) is 0.782. The molecule has 2 aromatic carbocycles. The van der Waals surface area contributed by atoms with Crippen LogP contribution in [0.25, 0.3) is 5.69 Å². The molecule has 0 unspecified atom stereocenters. The van der Waals surface area contributed by atoms with Gasteiger partial charge in [0.1, 0.15) is 25.9 Å².